The molecular weight excluding hydrogens is 294 g/mol. The van der Waals surface area contributed by atoms with Crippen molar-refractivity contribution in [2.45, 2.75) is 44.8 Å². The van der Waals surface area contributed by atoms with Gasteiger partial charge in [-0.15, -0.1) is 0 Å². The largest absolute Gasteiger partial charge is 0.508 e. The first-order chi connectivity index (χ1) is 10.7. The summed E-state index contributed by atoms with van der Waals surface area (Å²) in [5.41, 5.74) is 0.851. The highest BCUT2D eigenvalue weighted by Gasteiger charge is 2.56. The lowest BCUT2D eigenvalue weighted by molar-refractivity contribution is -0.161. The number of aromatic hydroxyl groups is 1. The molecule has 3 rings (SSSR count). The molecular formula is C18H25NO4. The van der Waals surface area contributed by atoms with Gasteiger partial charge in [-0.05, 0) is 23.5 Å². The van der Waals surface area contributed by atoms with Crippen LogP contribution >= 0.6 is 0 Å². The van der Waals surface area contributed by atoms with Crippen molar-refractivity contribution >= 4 is 5.97 Å². The fourth-order valence-electron chi connectivity index (χ4n) is 3.69. The first-order valence-corrected chi connectivity index (χ1v) is 8.14. The maximum atomic E-state index is 11.6. The molecule has 0 radical (unpaired) electrons. The number of hydrogen-bond donors (Lipinski definition) is 2. The molecule has 0 aromatic heterocycles. The molecule has 2 aliphatic heterocycles. The maximum absolute atomic E-state index is 11.6. The molecule has 0 unspecified atom stereocenters. The second-order valence-electron chi connectivity index (χ2n) is 7.79. The van der Waals surface area contributed by atoms with Crippen molar-refractivity contribution in [2.24, 2.45) is 5.92 Å². The number of phenols is 1. The van der Waals surface area contributed by atoms with E-state index in [1.165, 1.54) is 0 Å². The monoisotopic (exact) mass is 319 g/mol. The van der Waals surface area contributed by atoms with Crippen molar-refractivity contribution in [1.29, 1.82) is 0 Å². The predicted octanol–water partition coefficient (Wildman–Crippen LogP) is 2.37. The summed E-state index contributed by atoms with van der Waals surface area (Å²) in [7, 11) is 0. The highest BCUT2D eigenvalue weighted by Crippen LogP contribution is 2.40. The van der Waals surface area contributed by atoms with Crippen molar-refractivity contribution < 1.29 is 19.7 Å². The molecule has 2 saturated heterocycles. The van der Waals surface area contributed by atoms with Crippen LogP contribution in [0.5, 0.6) is 5.75 Å². The van der Waals surface area contributed by atoms with E-state index in [2.05, 4.69) is 25.7 Å². The summed E-state index contributed by atoms with van der Waals surface area (Å²) in [4.78, 5) is 13.7. The number of hydrogen-bond acceptors (Lipinski definition) is 4. The number of nitrogens with zero attached hydrogens (tertiary/aromatic N) is 1. The average molecular weight is 319 g/mol. The van der Waals surface area contributed by atoms with E-state index in [0.717, 1.165) is 17.5 Å². The first-order valence-electron chi connectivity index (χ1n) is 8.14. The van der Waals surface area contributed by atoms with Crippen LogP contribution < -0.4 is 0 Å². The second-order valence-corrected chi connectivity index (χ2v) is 7.79. The summed E-state index contributed by atoms with van der Waals surface area (Å²) < 4.78 is 5.58. The minimum Gasteiger partial charge on any atom is -0.508 e. The quantitative estimate of drug-likeness (QED) is 0.895. The number of carboxylic acid groups (broad SMARTS) is 1. The number of carbonyl (C=O) groups is 1. The van der Waals surface area contributed by atoms with E-state index in [9.17, 15) is 15.0 Å². The Morgan fingerprint density at radius 2 is 2.17 bits per heavy atom. The van der Waals surface area contributed by atoms with E-state index in [-0.39, 0.29) is 17.1 Å². The van der Waals surface area contributed by atoms with Crippen molar-refractivity contribution in [3.05, 3.63) is 29.3 Å². The number of fused-ring (bicyclic) bond motifs is 1. The molecule has 5 nitrogen and oxygen atoms in total. The third-order valence-corrected chi connectivity index (χ3v) is 5.13. The Hall–Kier alpha value is -1.59. The number of ether oxygens (including phenoxy) is 1. The summed E-state index contributed by atoms with van der Waals surface area (Å²) in [6.07, 6.45) is 0.789. The minimum atomic E-state index is -1.05. The molecule has 2 N–H and O–H groups in total. The number of carboxylic acids is 1. The first kappa shape index (κ1) is 16.3. The van der Waals surface area contributed by atoms with Crippen LogP contribution in [0.25, 0.3) is 0 Å². The van der Waals surface area contributed by atoms with Gasteiger partial charge in [-0.2, -0.15) is 0 Å². The van der Waals surface area contributed by atoms with Gasteiger partial charge >= 0.3 is 5.97 Å². The van der Waals surface area contributed by atoms with Gasteiger partial charge in [0.05, 0.1) is 0 Å². The number of likely N-dealkylation sites (tertiary alicyclic amines) is 1. The normalized spacial score (nSPS) is 28.0. The van der Waals surface area contributed by atoms with Gasteiger partial charge in [0.2, 0.25) is 0 Å². The number of phenolic OH excluding ortho intramolecular Hbond substituents is 1. The van der Waals surface area contributed by atoms with Crippen LogP contribution in [0.2, 0.25) is 0 Å². The van der Waals surface area contributed by atoms with E-state index in [1.54, 1.807) is 0 Å². The predicted molar refractivity (Wildman–Crippen MR) is 86.5 cm³/mol. The van der Waals surface area contributed by atoms with Crippen molar-refractivity contribution in [3.63, 3.8) is 0 Å². The summed E-state index contributed by atoms with van der Waals surface area (Å²) in [5.74, 6) is -0.550. The van der Waals surface area contributed by atoms with E-state index in [1.807, 2.05) is 18.2 Å². The molecule has 2 heterocycles. The molecule has 1 aromatic carbocycles. The molecule has 0 aliphatic carbocycles. The van der Waals surface area contributed by atoms with Gasteiger partial charge in [0.1, 0.15) is 5.75 Å². The molecule has 1 aromatic rings. The number of rotatable bonds is 3. The molecule has 2 aliphatic rings. The van der Waals surface area contributed by atoms with Gasteiger partial charge in [0.25, 0.3) is 0 Å². The van der Waals surface area contributed by atoms with Crippen molar-refractivity contribution in [2.75, 3.05) is 19.7 Å². The molecule has 23 heavy (non-hydrogen) atoms. The van der Waals surface area contributed by atoms with E-state index in [0.29, 0.717) is 26.2 Å². The van der Waals surface area contributed by atoms with Crippen LogP contribution in [0, 0.1) is 5.92 Å². The van der Waals surface area contributed by atoms with Gasteiger partial charge in [-0.25, -0.2) is 4.79 Å². The highest BCUT2D eigenvalue weighted by molar-refractivity contribution is 5.79. The third kappa shape index (κ3) is 2.83. The Balaban J connectivity index is 1.75. The molecule has 0 amide bonds. The topological polar surface area (TPSA) is 70.0 Å². The fourth-order valence-corrected chi connectivity index (χ4v) is 3.69. The van der Waals surface area contributed by atoms with Crippen molar-refractivity contribution in [3.8, 4) is 5.75 Å². The summed E-state index contributed by atoms with van der Waals surface area (Å²) >= 11 is 0. The summed E-state index contributed by atoms with van der Waals surface area (Å²) in [6.45, 7) is 8.48. The standard InChI is InChI=1S/C18H25NO4/c1-17(2,3)13-5-4-12(15(20)8-13)9-19-10-14-6-7-23-18(14,11-19)16(21)22/h4-5,8,14,20H,6-7,9-11H2,1-3H3,(H,21,22)/t14-,18+/m0/s1. The van der Waals surface area contributed by atoms with Crippen molar-refractivity contribution in [1.82, 2.24) is 4.90 Å². The fraction of sp³-hybridized carbons (Fsp3) is 0.611. The van der Waals surface area contributed by atoms with Crippen LogP contribution in [0.4, 0.5) is 0 Å². The Bertz CT molecular complexity index is 622. The zero-order chi connectivity index (χ0) is 16.8. The van der Waals surface area contributed by atoms with E-state index >= 15 is 0 Å². The highest BCUT2D eigenvalue weighted by atomic mass is 16.5. The molecule has 2 fully saturated rings. The molecule has 5 heteroatoms. The molecule has 0 spiro atoms. The van der Waals surface area contributed by atoms with Crippen LogP contribution in [0.1, 0.15) is 38.3 Å². The molecule has 126 valence electrons. The van der Waals surface area contributed by atoms with E-state index < -0.39 is 11.6 Å². The lowest BCUT2D eigenvalue weighted by atomic mass is 9.86. The lowest BCUT2D eigenvalue weighted by Gasteiger charge is -2.24. The van der Waals surface area contributed by atoms with Crippen LogP contribution in [0.15, 0.2) is 18.2 Å². The maximum Gasteiger partial charge on any atom is 0.337 e. The molecule has 2 atom stereocenters. The van der Waals surface area contributed by atoms with Gasteiger partial charge in [0.15, 0.2) is 5.60 Å². The summed E-state index contributed by atoms with van der Waals surface area (Å²) in [5, 5.41) is 19.9. The van der Waals surface area contributed by atoms with Crippen LogP contribution in [0.3, 0.4) is 0 Å². The van der Waals surface area contributed by atoms with Gasteiger partial charge < -0.3 is 14.9 Å². The average Bonchev–Trinajstić information content (AvgIpc) is 2.97. The minimum absolute atomic E-state index is 0.0120. The van der Waals surface area contributed by atoms with Crippen LogP contribution in [-0.2, 0) is 21.5 Å². The molecule has 0 bridgehead atoms. The van der Waals surface area contributed by atoms with E-state index in [4.69, 9.17) is 4.74 Å². The zero-order valence-corrected chi connectivity index (χ0v) is 14.0. The molecule has 0 saturated carbocycles. The Labute approximate surface area is 136 Å². The van der Waals surface area contributed by atoms with Gasteiger partial charge in [-0.3, -0.25) is 4.90 Å². The summed E-state index contributed by atoms with van der Waals surface area (Å²) in [6, 6.07) is 5.80. The second kappa shape index (κ2) is 5.49. The Morgan fingerprint density at radius 1 is 1.43 bits per heavy atom. The van der Waals surface area contributed by atoms with Crippen LogP contribution in [-0.4, -0.2) is 46.4 Å². The number of benzene rings is 1. The zero-order valence-electron chi connectivity index (χ0n) is 14.0. The smallest absolute Gasteiger partial charge is 0.337 e. The SMILES string of the molecule is CC(C)(C)c1ccc(CN2C[C@@H]3CCO[C@]3(C(=O)O)C2)c(O)c1. The third-order valence-electron chi connectivity index (χ3n) is 5.13. The number of aliphatic carboxylic acids is 1. The van der Waals surface area contributed by atoms with Gasteiger partial charge in [0, 0.05) is 37.7 Å². The Morgan fingerprint density at radius 3 is 2.74 bits per heavy atom. The lowest BCUT2D eigenvalue weighted by Crippen LogP contribution is -2.45. The Kier molecular flexibility index (Phi) is 3.89. The van der Waals surface area contributed by atoms with Gasteiger partial charge in [-0.1, -0.05) is 32.9 Å².